The number of amides is 2. The maximum absolute atomic E-state index is 13.6. The summed E-state index contributed by atoms with van der Waals surface area (Å²) in [7, 11) is -3.97. The summed E-state index contributed by atoms with van der Waals surface area (Å²) >= 11 is 0. The summed E-state index contributed by atoms with van der Waals surface area (Å²) in [4.78, 5) is 27.9. The van der Waals surface area contributed by atoms with Gasteiger partial charge in [0.05, 0.1) is 27.6 Å². The summed E-state index contributed by atoms with van der Waals surface area (Å²) in [5.41, 5.74) is 2.52. The van der Waals surface area contributed by atoms with Crippen molar-refractivity contribution >= 4 is 27.3 Å². The molecule has 0 fully saturated rings. The Kier molecular flexibility index (Phi) is 6.08. The average molecular weight is 463 g/mol. The second kappa shape index (κ2) is 8.83. The summed E-state index contributed by atoms with van der Waals surface area (Å²) in [5, 5.41) is 2.90. The molecule has 170 valence electrons. The second-order valence-corrected chi connectivity index (χ2v) is 10.2. The fourth-order valence-electron chi connectivity index (χ4n) is 3.91. The van der Waals surface area contributed by atoms with Crippen LogP contribution in [0.15, 0.2) is 76.5 Å². The number of hydrogen-bond donors (Lipinski definition) is 1. The number of anilines is 1. The van der Waals surface area contributed by atoms with Crippen LogP contribution >= 0.6 is 0 Å². The first-order chi connectivity index (χ1) is 15.7. The molecule has 1 aliphatic rings. The molecule has 3 aromatic carbocycles. The van der Waals surface area contributed by atoms with Crippen LogP contribution in [0.3, 0.4) is 0 Å². The molecule has 0 saturated heterocycles. The predicted molar refractivity (Wildman–Crippen MR) is 127 cm³/mol. The number of hydrogen-bond acceptors (Lipinski definition) is 4. The van der Waals surface area contributed by atoms with Crippen LogP contribution in [0.25, 0.3) is 0 Å². The highest BCUT2D eigenvalue weighted by Crippen LogP contribution is 2.38. The van der Waals surface area contributed by atoms with Crippen LogP contribution in [0.1, 0.15) is 52.1 Å². The van der Waals surface area contributed by atoms with E-state index < -0.39 is 15.7 Å². The van der Waals surface area contributed by atoms with Crippen LogP contribution < -0.4 is 10.2 Å². The number of carbonyl (C=O) groups excluding carboxylic acids is 2. The van der Waals surface area contributed by atoms with Gasteiger partial charge >= 0.3 is 0 Å². The van der Waals surface area contributed by atoms with Crippen molar-refractivity contribution in [1.82, 2.24) is 5.32 Å². The van der Waals surface area contributed by atoms with Crippen molar-refractivity contribution in [3.8, 4) is 0 Å². The second-order valence-electron chi connectivity index (χ2n) is 8.35. The molecule has 1 aliphatic heterocycles. The number of nitrogens with one attached hydrogen (secondary N) is 1. The largest absolute Gasteiger partial charge is 0.350 e. The van der Waals surface area contributed by atoms with E-state index in [1.54, 1.807) is 12.1 Å². The number of sulfone groups is 1. The van der Waals surface area contributed by atoms with Gasteiger partial charge in [0.25, 0.3) is 11.8 Å². The quantitative estimate of drug-likeness (QED) is 0.604. The lowest BCUT2D eigenvalue weighted by atomic mass is 10.1. The summed E-state index contributed by atoms with van der Waals surface area (Å²) in [6, 6.07) is 18.3. The van der Waals surface area contributed by atoms with Crippen LogP contribution in [-0.4, -0.2) is 26.3 Å². The van der Waals surface area contributed by atoms with Crippen molar-refractivity contribution in [3.63, 3.8) is 0 Å². The molecule has 4 rings (SSSR count). The molecule has 3 aromatic rings. The molecule has 2 amide bonds. The number of aryl methyl sites for hydroxylation is 1. The lowest BCUT2D eigenvalue weighted by molar-refractivity contribution is 0.0936. The molecule has 0 spiro atoms. The minimum absolute atomic E-state index is 0.00791. The zero-order chi connectivity index (χ0) is 23.8. The van der Waals surface area contributed by atoms with Gasteiger partial charge in [0.1, 0.15) is 0 Å². The Bertz CT molecular complexity index is 1350. The number of carbonyl (C=O) groups is 2. The van der Waals surface area contributed by atoms with Gasteiger partial charge in [0.2, 0.25) is 9.84 Å². The lowest BCUT2D eigenvalue weighted by Gasteiger charge is -2.24. The highest BCUT2D eigenvalue weighted by Gasteiger charge is 2.36. The zero-order valence-corrected chi connectivity index (χ0v) is 19.6. The van der Waals surface area contributed by atoms with E-state index in [0.717, 1.165) is 17.5 Å². The van der Waals surface area contributed by atoms with E-state index in [4.69, 9.17) is 0 Å². The van der Waals surface area contributed by atoms with Gasteiger partial charge in [-0.25, -0.2) is 8.42 Å². The minimum Gasteiger partial charge on any atom is -0.350 e. The van der Waals surface area contributed by atoms with Gasteiger partial charge in [-0.05, 0) is 56.2 Å². The third-order valence-corrected chi connectivity index (χ3v) is 7.73. The van der Waals surface area contributed by atoms with Crippen molar-refractivity contribution in [2.45, 2.75) is 49.6 Å². The molecule has 0 aromatic heterocycles. The Morgan fingerprint density at radius 2 is 1.76 bits per heavy atom. The van der Waals surface area contributed by atoms with Crippen molar-refractivity contribution in [3.05, 3.63) is 89.0 Å². The first-order valence-corrected chi connectivity index (χ1v) is 12.4. The highest BCUT2D eigenvalue weighted by atomic mass is 32.2. The summed E-state index contributed by atoms with van der Waals surface area (Å²) in [6.07, 6.45) is 0.762. The highest BCUT2D eigenvalue weighted by molar-refractivity contribution is 7.91. The van der Waals surface area contributed by atoms with E-state index in [1.165, 1.54) is 35.2 Å². The topological polar surface area (TPSA) is 83.6 Å². The van der Waals surface area contributed by atoms with Gasteiger partial charge in [-0.15, -0.1) is 0 Å². The standard InChI is InChI=1S/C26H26N2O4S/c1-4-18(3)27-25(29)20-12-13-24-22(15-20)28(16-19-9-7-8-17(2)14-19)26(30)21-10-5-6-11-23(21)33(24,31)32/h5-15,18H,4,16H2,1-3H3,(H,27,29)/t18-/m1/s1. The summed E-state index contributed by atoms with van der Waals surface area (Å²) < 4.78 is 27.1. The minimum atomic E-state index is -3.97. The van der Waals surface area contributed by atoms with E-state index in [9.17, 15) is 18.0 Å². The Morgan fingerprint density at radius 3 is 2.48 bits per heavy atom. The first-order valence-electron chi connectivity index (χ1n) is 10.9. The van der Waals surface area contributed by atoms with Crippen LogP contribution in [0.5, 0.6) is 0 Å². The van der Waals surface area contributed by atoms with E-state index in [1.807, 2.05) is 45.0 Å². The molecule has 1 N–H and O–H groups in total. The molecule has 0 unspecified atom stereocenters. The SMILES string of the molecule is CC[C@@H](C)NC(=O)c1ccc2c(c1)N(Cc1cccc(C)c1)C(=O)c1ccccc1S2(=O)=O. The smallest absolute Gasteiger partial charge is 0.259 e. The number of nitrogens with zero attached hydrogens (tertiary/aromatic N) is 1. The molecule has 33 heavy (non-hydrogen) atoms. The zero-order valence-electron chi connectivity index (χ0n) is 18.8. The van der Waals surface area contributed by atoms with Crippen LogP contribution in [-0.2, 0) is 16.4 Å². The Balaban J connectivity index is 1.91. The van der Waals surface area contributed by atoms with Crippen molar-refractivity contribution in [2.24, 2.45) is 0 Å². The molecule has 0 saturated carbocycles. The maximum Gasteiger partial charge on any atom is 0.259 e. The van der Waals surface area contributed by atoms with Gasteiger partial charge in [0, 0.05) is 11.6 Å². The van der Waals surface area contributed by atoms with Gasteiger partial charge in [0.15, 0.2) is 0 Å². The van der Waals surface area contributed by atoms with Gasteiger partial charge in [-0.2, -0.15) is 0 Å². The summed E-state index contributed by atoms with van der Waals surface area (Å²) in [6.45, 7) is 6.00. The number of rotatable bonds is 5. The van der Waals surface area contributed by atoms with Crippen LogP contribution in [0.4, 0.5) is 5.69 Å². The third-order valence-electron chi connectivity index (χ3n) is 5.87. The fraction of sp³-hybridized carbons (Fsp3) is 0.231. The lowest BCUT2D eigenvalue weighted by Crippen LogP contribution is -2.33. The van der Waals surface area contributed by atoms with E-state index >= 15 is 0 Å². The van der Waals surface area contributed by atoms with Crippen molar-refractivity contribution < 1.29 is 18.0 Å². The van der Waals surface area contributed by atoms with E-state index in [-0.39, 0.29) is 39.5 Å². The monoisotopic (exact) mass is 462 g/mol. The number of fused-ring (bicyclic) bond motifs is 2. The molecule has 6 nitrogen and oxygen atoms in total. The van der Waals surface area contributed by atoms with Gasteiger partial charge in [-0.1, -0.05) is 48.9 Å². The number of benzene rings is 3. The first kappa shape index (κ1) is 22.7. The molecule has 1 atom stereocenters. The van der Waals surface area contributed by atoms with Crippen LogP contribution in [0, 0.1) is 6.92 Å². The van der Waals surface area contributed by atoms with Gasteiger partial charge < -0.3 is 10.2 Å². The molecule has 7 heteroatoms. The molecule has 0 bridgehead atoms. The van der Waals surface area contributed by atoms with Crippen molar-refractivity contribution in [1.29, 1.82) is 0 Å². The molecule has 0 radical (unpaired) electrons. The molecule has 1 heterocycles. The van der Waals surface area contributed by atoms with E-state index in [2.05, 4.69) is 5.32 Å². The summed E-state index contributed by atoms with van der Waals surface area (Å²) in [5.74, 6) is -0.733. The average Bonchev–Trinajstić information content (AvgIpc) is 2.87. The molecule has 0 aliphatic carbocycles. The Labute approximate surface area is 194 Å². The van der Waals surface area contributed by atoms with Crippen LogP contribution in [0.2, 0.25) is 0 Å². The fourth-order valence-corrected chi connectivity index (χ4v) is 5.54. The Hall–Kier alpha value is -3.45. The molecular weight excluding hydrogens is 436 g/mol. The molecular formula is C26H26N2O4S. The van der Waals surface area contributed by atoms with E-state index in [0.29, 0.717) is 5.56 Å². The Morgan fingerprint density at radius 1 is 1.00 bits per heavy atom. The maximum atomic E-state index is 13.6. The normalized spacial score (nSPS) is 15.2. The van der Waals surface area contributed by atoms with Crippen molar-refractivity contribution in [2.75, 3.05) is 4.90 Å². The predicted octanol–water partition coefficient (Wildman–Crippen LogP) is 4.52. The third kappa shape index (κ3) is 4.28. The van der Waals surface area contributed by atoms with Gasteiger partial charge in [-0.3, -0.25) is 9.59 Å².